The highest BCUT2D eigenvalue weighted by molar-refractivity contribution is 8.00. The van der Waals surface area contributed by atoms with Crippen LogP contribution in [0.25, 0.3) is 0 Å². The van der Waals surface area contributed by atoms with E-state index in [2.05, 4.69) is 11.6 Å². The molecule has 0 aliphatic heterocycles. The molecular formula is C13H18N2OS. The Bertz CT molecular complexity index is 354. The molecule has 0 atom stereocenters. The Morgan fingerprint density at radius 1 is 1.53 bits per heavy atom. The molecule has 0 spiro atoms. The van der Waals surface area contributed by atoms with Crippen LogP contribution in [0.3, 0.4) is 0 Å². The van der Waals surface area contributed by atoms with Gasteiger partial charge in [-0.15, -0.1) is 18.3 Å². The first-order valence-corrected chi connectivity index (χ1v) is 6.71. The maximum absolute atomic E-state index is 11.7. The summed E-state index contributed by atoms with van der Waals surface area (Å²) in [7, 11) is 1.85. The molecule has 0 unspecified atom stereocenters. The minimum atomic E-state index is 0.172. The summed E-state index contributed by atoms with van der Waals surface area (Å²) in [6, 6.07) is 3.95. The van der Waals surface area contributed by atoms with Crippen molar-refractivity contribution < 1.29 is 4.79 Å². The summed E-state index contributed by atoms with van der Waals surface area (Å²) >= 11 is 1.59. The van der Waals surface area contributed by atoms with Gasteiger partial charge in [0, 0.05) is 31.7 Å². The molecule has 1 rings (SSSR count). The number of hydrogen-bond donors (Lipinski definition) is 0. The van der Waals surface area contributed by atoms with Gasteiger partial charge in [0.25, 0.3) is 0 Å². The van der Waals surface area contributed by atoms with Crippen LogP contribution in [0.2, 0.25) is 0 Å². The lowest BCUT2D eigenvalue weighted by molar-refractivity contribution is -0.127. The minimum Gasteiger partial charge on any atom is -0.345 e. The molecule has 0 radical (unpaired) electrons. The van der Waals surface area contributed by atoms with E-state index in [1.807, 2.05) is 25.3 Å². The summed E-state index contributed by atoms with van der Waals surface area (Å²) in [6.07, 6.45) is 6.24. The molecule has 0 saturated heterocycles. The molecule has 92 valence electrons. The Balaban J connectivity index is 2.26. The van der Waals surface area contributed by atoms with E-state index in [4.69, 9.17) is 0 Å². The summed E-state index contributed by atoms with van der Waals surface area (Å²) in [6.45, 7) is 4.37. The number of amides is 1. The van der Waals surface area contributed by atoms with Crippen LogP contribution in [0, 0.1) is 0 Å². The highest BCUT2D eigenvalue weighted by atomic mass is 32.2. The number of carbonyl (C=O) groups is 1. The second-order valence-corrected chi connectivity index (χ2v) is 4.75. The van der Waals surface area contributed by atoms with Gasteiger partial charge in [0.1, 0.15) is 0 Å². The van der Waals surface area contributed by atoms with Crippen LogP contribution in [0.5, 0.6) is 0 Å². The predicted molar refractivity (Wildman–Crippen MR) is 73.1 cm³/mol. The molecule has 17 heavy (non-hydrogen) atoms. The van der Waals surface area contributed by atoms with Crippen molar-refractivity contribution in [3.8, 4) is 0 Å². The highest BCUT2D eigenvalue weighted by Crippen LogP contribution is 2.03. The van der Waals surface area contributed by atoms with Crippen molar-refractivity contribution in [1.29, 1.82) is 0 Å². The molecule has 0 bridgehead atoms. The third kappa shape index (κ3) is 5.54. The number of pyridine rings is 1. The Morgan fingerprint density at radius 3 is 2.88 bits per heavy atom. The number of likely N-dealkylation sites (N-methyl/N-ethyl adjacent to an activating group) is 1. The van der Waals surface area contributed by atoms with E-state index in [9.17, 15) is 4.79 Å². The smallest absolute Gasteiger partial charge is 0.232 e. The van der Waals surface area contributed by atoms with Crippen LogP contribution >= 0.6 is 11.8 Å². The molecule has 0 aliphatic rings. The van der Waals surface area contributed by atoms with Gasteiger partial charge in [0.2, 0.25) is 5.91 Å². The third-order valence-electron chi connectivity index (χ3n) is 2.37. The standard InChI is InChI=1S/C13H18N2OS/c1-3-10-17-11-13(16)15(2)9-6-12-4-7-14-8-5-12/h3-5,7-8H,1,6,9-11H2,2H3. The van der Waals surface area contributed by atoms with E-state index in [0.29, 0.717) is 5.75 Å². The summed E-state index contributed by atoms with van der Waals surface area (Å²) in [5, 5.41) is 0. The number of rotatable bonds is 7. The van der Waals surface area contributed by atoms with E-state index in [1.165, 1.54) is 5.56 Å². The van der Waals surface area contributed by atoms with Crippen LogP contribution in [0.4, 0.5) is 0 Å². The van der Waals surface area contributed by atoms with Crippen LogP contribution in [0.15, 0.2) is 37.2 Å². The van der Waals surface area contributed by atoms with Crippen LogP contribution in [0.1, 0.15) is 5.56 Å². The van der Waals surface area contributed by atoms with E-state index in [0.717, 1.165) is 18.7 Å². The monoisotopic (exact) mass is 250 g/mol. The van der Waals surface area contributed by atoms with Gasteiger partial charge in [-0.25, -0.2) is 0 Å². The van der Waals surface area contributed by atoms with Gasteiger partial charge in [0.15, 0.2) is 0 Å². The first kappa shape index (κ1) is 13.8. The molecule has 0 fully saturated rings. The van der Waals surface area contributed by atoms with Crippen molar-refractivity contribution >= 4 is 17.7 Å². The largest absolute Gasteiger partial charge is 0.345 e. The Morgan fingerprint density at radius 2 is 2.24 bits per heavy atom. The highest BCUT2D eigenvalue weighted by Gasteiger charge is 2.07. The first-order chi connectivity index (χ1) is 8.24. The third-order valence-corrected chi connectivity index (χ3v) is 3.29. The molecule has 0 N–H and O–H groups in total. The average molecular weight is 250 g/mol. The van der Waals surface area contributed by atoms with E-state index >= 15 is 0 Å². The number of thioether (sulfide) groups is 1. The van der Waals surface area contributed by atoms with Crippen molar-refractivity contribution in [1.82, 2.24) is 9.88 Å². The van der Waals surface area contributed by atoms with Gasteiger partial charge in [-0.05, 0) is 24.1 Å². The van der Waals surface area contributed by atoms with E-state index in [1.54, 1.807) is 29.1 Å². The minimum absolute atomic E-state index is 0.172. The summed E-state index contributed by atoms with van der Waals surface area (Å²) < 4.78 is 0. The van der Waals surface area contributed by atoms with Crippen molar-refractivity contribution in [3.63, 3.8) is 0 Å². The maximum Gasteiger partial charge on any atom is 0.232 e. The average Bonchev–Trinajstić information content (AvgIpc) is 2.37. The molecule has 0 saturated carbocycles. The van der Waals surface area contributed by atoms with Crippen molar-refractivity contribution in [2.75, 3.05) is 25.1 Å². The van der Waals surface area contributed by atoms with E-state index in [-0.39, 0.29) is 5.91 Å². The first-order valence-electron chi connectivity index (χ1n) is 5.55. The molecule has 1 aromatic rings. The maximum atomic E-state index is 11.7. The van der Waals surface area contributed by atoms with Crippen LogP contribution < -0.4 is 0 Å². The fourth-order valence-electron chi connectivity index (χ4n) is 1.31. The summed E-state index contributed by atoms with van der Waals surface area (Å²) in [5.74, 6) is 1.52. The lowest BCUT2D eigenvalue weighted by atomic mass is 10.2. The van der Waals surface area contributed by atoms with Gasteiger partial charge in [-0.3, -0.25) is 9.78 Å². The number of hydrogen-bond acceptors (Lipinski definition) is 3. The lowest BCUT2D eigenvalue weighted by Crippen LogP contribution is -2.30. The van der Waals surface area contributed by atoms with Gasteiger partial charge in [0.05, 0.1) is 5.75 Å². The van der Waals surface area contributed by atoms with Crippen LogP contribution in [-0.4, -0.2) is 40.9 Å². The second-order valence-electron chi connectivity index (χ2n) is 3.72. The predicted octanol–water partition coefficient (Wildman–Crippen LogP) is 2.00. The number of carbonyl (C=O) groups excluding carboxylic acids is 1. The van der Waals surface area contributed by atoms with Gasteiger partial charge >= 0.3 is 0 Å². The summed E-state index contributed by atoms with van der Waals surface area (Å²) in [5.41, 5.74) is 1.21. The second kappa shape index (κ2) is 7.90. The summed E-state index contributed by atoms with van der Waals surface area (Å²) in [4.78, 5) is 17.4. The van der Waals surface area contributed by atoms with Crippen molar-refractivity contribution in [2.24, 2.45) is 0 Å². The fourth-order valence-corrected chi connectivity index (χ4v) is 1.99. The number of nitrogens with zero attached hydrogens (tertiary/aromatic N) is 2. The Labute approximate surface area is 107 Å². The Kier molecular flexibility index (Phi) is 6.40. The van der Waals surface area contributed by atoms with Crippen molar-refractivity contribution in [3.05, 3.63) is 42.7 Å². The number of aromatic nitrogens is 1. The van der Waals surface area contributed by atoms with Gasteiger partial charge < -0.3 is 4.90 Å². The van der Waals surface area contributed by atoms with Gasteiger partial charge in [-0.1, -0.05) is 6.08 Å². The molecular weight excluding hydrogens is 232 g/mol. The zero-order chi connectivity index (χ0) is 12.5. The quantitative estimate of drug-likeness (QED) is 0.548. The zero-order valence-electron chi connectivity index (χ0n) is 10.1. The van der Waals surface area contributed by atoms with Gasteiger partial charge in [-0.2, -0.15) is 0 Å². The molecule has 0 aliphatic carbocycles. The molecule has 1 amide bonds. The van der Waals surface area contributed by atoms with Crippen LogP contribution in [-0.2, 0) is 11.2 Å². The molecule has 1 aromatic heterocycles. The Hall–Kier alpha value is -1.29. The van der Waals surface area contributed by atoms with E-state index < -0.39 is 0 Å². The molecule has 0 aromatic carbocycles. The SMILES string of the molecule is C=CCSCC(=O)N(C)CCc1ccncc1. The normalized spacial score (nSPS) is 9.94. The lowest BCUT2D eigenvalue weighted by Gasteiger charge is -2.16. The fraction of sp³-hybridized carbons (Fsp3) is 0.385. The zero-order valence-corrected chi connectivity index (χ0v) is 10.9. The topological polar surface area (TPSA) is 33.2 Å². The molecule has 3 nitrogen and oxygen atoms in total. The molecule has 1 heterocycles. The van der Waals surface area contributed by atoms with Crippen molar-refractivity contribution in [2.45, 2.75) is 6.42 Å². The molecule has 4 heteroatoms.